The number of fused-ring (bicyclic) bond motifs is 1. The predicted octanol–water partition coefficient (Wildman–Crippen LogP) is 3.18. The number of alkyl halides is 1. The number of urea groups is 1. The summed E-state index contributed by atoms with van der Waals surface area (Å²) >= 11 is 0. The average Bonchev–Trinajstić information content (AvgIpc) is 2.95. The Hall–Kier alpha value is -2.79. The SMILES string of the molecule is CC1c2c(N3CCOC[C@@H]3C)nc(-c3ccc(NC(=O)NCCF)cc3)nc2C(C)(C)S1(=O)=O. The second-order valence-electron chi connectivity index (χ2n) is 9.10. The van der Waals surface area contributed by atoms with Crippen LogP contribution in [0.5, 0.6) is 0 Å². The van der Waals surface area contributed by atoms with Crippen molar-refractivity contribution in [2.45, 2.75) is 43.7 Å². The van der Waals surface area contributed by atoms with Gasteiger partial charge in [0.05, 0.1) is 30.2 Å². The summed E-state index contributed by atoms with van der Waals surface area (Å²) in [6, 6.07) is 6.46. The van der Waals surface area contributed by atoms with E-state index in [1.54, 1.807) is 45.0 Å². The summed E-state index contributed by atoms with van der Waals surface area (Å²) in [6.07, 6.45) is 0. The van der Waals surface area contributed by atoms with Crippen molar-refractivity contribution in [3.8, 4) is 11.4 Å². The van der Waals surface area contributed by atoms with Gasteiger partial charge < -0.3 is 20.3 Å². The largest absolute Gasteiger partial charge is 0.377 e. The minimum absolute atomic E-state index is 0.0358. The molecule has 2 aliphatic rings. The fourth-order valence-electron chi connectivity index (χ4n) is 4.45. The standard InChI is InChI=1S/C23H30FN5O4S/c1-14-13-33-12-11-29(14)21-18-15(2)34(31,32)23(3,4)19(18)27-20(28-21)16-5-7-17(8-6-16)26-22(30)25-10-9-24/h5-8,14-15H,9-13H2,1-4H3,(H2,25,26,30)/t14-,15?/m0/s1. The number of anilines is 2. The van der Waals surface area contributed by atoms with Crippen molar-refractivity contribution in [3.05, 3.63) is 35.5 Å². The van der Waals surface area contributed by atoms with Crippen LogP contribution in [0, 0.1) is 0 Å². The van der Waals surface area contributed by atoms with Gasteiger partial charge in [-0.15, -0.1) is 0 Å². The monoisotopic (exact) mass is 491 g/mol. The lowest BCUT2D eigenvalue weighted by molar-refractivity contribution is 0.0984. The van der Waals surface area contributed by atoms with E-state index in [-0.39, 0.29) is 12.6 Å². The molecule has 1 fully saturated rings. The number of hydrogen-bond donors (Lipinski definition) is 2. The van der Waals surface area contributed by atoms with Crippen LogP contribution in [0.1, 0.15) is 44.2 Å². The van der Waals surface area contributed by atoms with E-state index in [1.807, 2.05) is 6.92 Å². The Kier molecular flexibility index (Phi) is 6.52. The Morgan fingerprint density at radius 3 is 2.59 bits per heavy atom. The van der Waals surface area contributed by atoms with Crippen molar-refractivity contribution in [2.24, 2.45) is 0 Å². The van der Waals surface area contributed by atoms with E-state index in [4.69, 9.17) is 14.7 Å². The number of aromatic nitrogens is 2. The molecule has 2 amide bonds. The molecule has 0 radical (unpaired) electrons. The molecule has 2 atom stereocenters. The van der Waals surface area contributed by atoms with E-state index >= 15 is 0 Å². The van der Waals surface area contributed by atoms with Gasteiger partial charge in [0.2, 0.25) is 0 Å². The molecule has 34 heavy (non-hydrogen) atoms. The summed E-state index contributed by atoms with van der Waals surface area (Å²) in [5, 5.41) is 4.32. The van der Waals surface area contributed by atoms with Crippen molar-refractivity contribution < 1.29 is 22.3 Å². The van der Waals surface area contributed by atoms with Crippen LogP contribution in [-0.4, -0.2) is 63.4 Å². The van der Waals surface area contributed by atoms with Gasteiger partial charge in [-0.25, -0.2) is 27.6 Å². The molecular formula is C23H30FN5O4S. The van der Waals surface area contributed by atoms with E-state index in [0.717, 1.165) is 0 Å². The van der Waals surface area contributed by atoms with Gasteiger partial charge in [-0.05, 0) is 52.0 Å². The molecule has 11 heteroatoms. The Morgan fingerprint density at radius 1 is 1.24 bits per heavy atom. The van der Waals surface area contributed by atoms with E-state index in [1.165, 1.54) is 0 Å². The highest BCUT2D eigenvalue weighted by atomic mass is 32.2. The molecule has 0 aliphatic carbocycles. The molecular weight excluding hydrogens is 461 g/mol. The van der Waals surface area contributed by atoms with E-state index < -0.39 is 32.5 Å². The summed E-state index contributed by atoms with van der Waals surface area (Å²) < 4.78 is 43.2. The van der Waals surface area contributed by atoms with Gasteiger partial charge in [0.1, 0.15) is 17.2 Å². The van der Waals surface area contributed by atoms with Crippen molar-refractivity contribution in [2.75, 3.05) is 43.2 Å². The molecule has 1 saturated heterocycles. The lowest BCUT2D eigenvalue weighted by Crippen LogP contribution is -2.44. The number of ether oxygens (including phenoxy) is 1. The number of nitrogens with one attached hydrogen (secondary N) is 2. The molecule has 0 bridgehead atoms. The van der Waals surface area contributed by atoms with Gasteiger partial charge >= 0.3 is 6.03 Å². The van der Waals surface area contributed by atoms with Gasteiger partial charge in [0, 0.05) is 29.9 Å². The van der Waals surface area contributed by atoms with Crippen LogP contribution in [0.3, 0.4) is 0 Å². The minimum atomic E-state index is -3.51. The highest BCUT2D eigenvalue weighted by Gasteiger charge is 2.53. The average molecular weight is 492 g/mol. The van der Waals surface area contributed by atoms with Gasteiger partial charge in [0.15, 0.2) is 15.7 Å². The smallest absolute Gasteiger partial charge is 0.319 e. The normalized spacial score (nSPS) is 22.8. The van der Waals surface area contributed by atoms with Gasteiger partial charge in [-0.1, -0.05) is 0 Å². The molecule has 0 saturated carbocycles. The molecule has 9 nitrogen and oxygen atoms in total. The van der Waals surface area contributed by atoms with Crippen LogP contribution in [0.2, 0.25) is 0 Å². The van der Waals surface area contributed by atoms with Crippen LogP contribution in [0.25, 0.3) is 11.4 Å². The second kappa shape index (κ2) is 9.10. The molecule has 4 rings (SSSR count). The van der Waals surface area contributed by atoms with Crippen LogP contribution in [-0.2, 0) is 19.3 Å². The first-order chi connectivity index (χ1) is 16.1. The Balaban J connectivity index is 1.77. The summed E-state index contributed by atoms with van der Waals surface area (Å²) in [5.74, 6) is 1.04. The first-order valence-corrected chi connectivity index (χ1v) is 12.8. The number of hydrogen-bond acceptors (Lipinski definition) is 7. The number of benzene rings is 1. The Labute approximate surface area is 199 Å². The summed E-state index contributed by atoms with van der Waals surface area (Å²) in [5.41, 5.74) is 2.39. The molecule has 1 unspecified atom stereocenters. The minimum Gasteiger partial charge on any atom is -0.377 e. The molecule has 1 aromatic heterocycles. The number of nitrogens with zero attached hydrogens (tertiary/aromatic N) is 3. The summed E-state index contributed by atoms with van der Waals surface area (Å²) in [6.45, 7) is 8.08. The quantitative estimate of drug-likeness (QED) is 0.660. The highest BCUT2D eigenvalue weighted by molar-refractivity contribution is 7.92. The molecule has 1 aromatic carbocycles. The molecule has 0 spiro atoms. The molecule has 184 valence electrons. The predicted molar refractivity (Wildman–Crippen MR) is 128 cm³/mol. The molecule has 2 aliphatic heterocycles. The maximum Gasteiger partial charge on any atom is 0.319 e. The lowest BCUT2D eigenvalue weighted by atomic mass is 10.0. The molecule has 2 N–H and O–H groups in total. The van der Waals surface area contributed by atoms with E-state index in [0.29, 0.717) is 53.9 Å². The maximum atomic E-state index is 13.3. The van der Waals surface area contributed by atoms with E-state index in [2.05, 4.69) is 15.5 Å². The topological polar surface area (TPSA) is 114 Å². The number of morpholine rings is 1. The zero-order valence-electron chi connectivity index (χ0n) is 19.8. The van der Waals surface area contributed by atoms with Crippen LogP contribution in [0.15, 0.2) is 24.3 Å². The number of amides is 2. The number of sulfone groups is 1. The van der Waals surface area contributed by atoms with Crippen molar-refractivity contribution >= 4 is 27.4 Å². The third kappa shape index (κ3) is 4.11. The number of halogens is 1. The number of rotatable bonds is 5. The number of carbonyl (C=O) groups excluding carboxylic acids is 1. The zero-order chi connectivity index (χ0) is 24.7. The van der Waals surface area contributed by atoms with E-state index in [9.17, 15) is 17.6 Å². The maximum absolute atomic E-state index is 13.3. The summed E-state index contributed by atoms with van der Waals surface area (Å²) in [4.78, 5) is 23.5. The van der Waals surface area contributed by atoms with Crippen LogP contribution in [0.4, 0.5) is 20.7 Å². The summed E-state index contributed by atoms with van der Waals surface area (Å²) in [7, 11) is -3.51. The van der Waals surface area contributed by atoms with Crippen LogP contribution >= 0.6 is 0 Å². The van der Waals surface area contributed by atoms with Gasteiger partial charge in [-0.3, -0.25) is 0 Å². The zero-order valence-corrected chi connectivity index (χ0v) is 20.6. The third-order valence-electron chi connectivity index (χ3n) is 6.50. The fourth-order valence-corrected chi connectivity index (χ4v) is 6.29. The third-order valence-corrected chi connectivity index (χ3v) is 9.28. The van der Waals surface area contributed by atoms with Crippen molar-refractivity contribution in [1.29, 1.82) is 0 Å². The Morgan fingerprint density at radius 2 is 1.94 bits per heavy atom. The van der Waals surface area contributed by atoms with Crippen molar-refractivity contribution in [1.82, 2.24) is 15.3 Å². The first-order valence-electron chi connectivity index (χ1n) is 11.3. The van der Waals surface area contributed by atoms with Gasteiger partial charge in [-0.2, -0.15) is 0 Å². The lowest BCUT2D eigenvalue weighted by Gasteiger charge is -2.36. The first kappa shape index (κ1) is 24.3. The van der Waals surface area contributed by atoms with Gasteiger partial charge in [0.25, 0.3) is 0 Å². The highest BCUT2D eigenvalue weighted by Crippen LogP contribution is 2.51. The Bertz CT molecular complexity index is 1190. The molecule has 2 aromatic rings. The fraction of sp³-hybridized carbons (Fsp3) is 0.522. The van der Waals surface area contributed by atoms with Crippen LogP contribution < -0.4 is 15.5 Å². The number of carbonyl (C=O) groups is 1. The van der Waals surface area contributed by atoms with Crippen molar-refractivity contribution in [3.63, 3.8) is 0 Å². The second-order valence-corrected chi connectivity index (χ2v) is 11.9. The molecule has 3 heterocycles.